The average molecular weight is 230 g/mol. The summed E-state index contributed by atoms with van der Waals surface area (Å²) in [4.78, 5) is 15.7. The van der Waals surface area contributed by atoms with Crippen molar-refractivity contribution in [2.75, 3.05) is 5.32 Å². The van der Waals surface area contributed by atoms with Crippen LogP contribution in [0.25, 0.3) is 0 Å². The molecule has 1 heterocycles. The molecule has 0 spiro atoms. The van der Waals surface area contributed by atoms with Gasteiger partial charge in [0.2, 0.25) is 5.91 Å². The van der Waals surface area contributed by atoms with Crippen LogP contribution in [0.15, 0.2) is 36.9 Å². The van der Waals surface area contributed by atoms with Gasteiger partial charge in [-0.1, -0.05) is 17.7 Å². The molecule has 1 N–H and O–H groups in total. The second-order valence-corrected chi connectivity index (χ2v) is 3.91. The van der Waals surface area contributed by atoms with E-state index in [0.29, 0.717) is 0 Å². The van der Waals surface area contributed by atoms with E-state index in [1.54, 1.807) is 6.92 Å². The second-order valence-electron chi connectivity index (χ2n) is 3.91. The number of rotatable bonds is 3. The summed E-state index contributed by atoms with van der Waals surface area (Å²) >= 11 is 0. The van der Waals surface area contributed by atoms with E-state index < -0.39 is 0 Å². The van der Waals surface area contributed by atoms with Crippen molar-refractivity contribution in [1.82, 2.24) is 14.8 Å². The first-order valence-electron chi connectivity index (χ1n) is 5.38. The third-order valence-electron chi connectivity index (χ3n) is 2.53. The lowest BCUT2D eigenvalue weighted by atomic mass is 10.2. The Morgan fingerprint density at radius 3 is 2.65 bits per heavy atom. The van der Waals surface area contributed by atoms with Gasteiger partial charge in [-0.3, -0.25) is 4.79 Å². The van der Waals surface area contributed by atoms with Crippen molar-refractivity contribution in [3.63, 3.8) is 0 Å². The van der Waals surface area contributed by atoms with Gasteiger partial charge >= 0.3 is 0 Å². The zero-order valence-electron chi connectivity index (χ0n) is 9.79. The van der Waals surface area contributed by atoms with Gasteiger partial charge in [-0.2, -0.15) is 5.10 Å². The molecule has 0 aliphatic carbocycles. The van der Waals surface area contributed by atoms with Crippen LogP contribution < -0.4 is 5.32 Å². The molecule has 1 aromatic carbocycles. The minimum atomic E-state index is -0.376. The minimum Gasteiger partial charge on any atom is -0.324 e. The fourth-order valence-corrected chi connectivity index (χ4v) is 1.42. The average Bonchev–Trinajstić information content (AvgIpc) is 2.84. The summed E-state index contributed by atoms with van der Waals surface area (Å²) in [7, 11) is 0. The van der Waals surface area contributed by atoms with E-state index in [9.17, 15) is 4.79 Å². The highest BCUT2D eigenvalue weighted by Gasteiger charge is 2.15. The molecule has 0 saturated carbocycles. The molecule has 0 saturated heterocycles. The zero-order valence-corrected chi connectivity index (χ0v) is 9.79. The molecule has 1 aromatic heterocycles. The van der Waals surface area contributed by atoms with E-state index in [4.69, 9.17) is 0 Å². The highest BCUT2D eigenvalue weighted by Crippen LogP contribution is 2.11. The van der Waals surface area contributed by atoms with Crippen LogP contribution in [0.3, 0.4) is 0 Å². The molecule has 0 radical (unpaired) electrons. The molecular formula is C12H14N4O. The van der Waals surface area contributed by atoms with Gasteiger partial charge in [0, 0.05) is 5.69 Å². The van der Waals surface area contributed by atoms with E-state index in [2.05, 4.69) is 15.4 Å². The molecule has 1 unspecified atom stereocenters. The van der Waals surface area contributed by atoms with Gasteiger partial charge in [0.25, 0.3) is 0 Å². The summed E-state index contributed by atoms with van der Waals surface area (Å²) in [6.07, 6.45) is 2.94. The Bertz CT molecular complexity index is 490. The van der Waals surface area contributed by atoms with Crippen LogP contribution in [-0.4, -0.2) is 20.7 Å². The number of aryl methyl sites for hydroxylation is 1. The number of hydrogen-bond acceptors (Lipinski definition) is 3. The van der Waals surface area contributed by atoms with Crippen molar-refractivity contribution in [1.29, 1.82) is 0 Å². The molecule has 2 aromatic rings. The Balaban J connectivity index is 2.04. The topological polar surface area (TPSA) is 59.8 Å². The Labute approximate surface area is 99.5 Å². The number of benzene rings is 1. The van der Waals surface area contributed by atoms with Crippen molar-refractivity contribution in [3.8, 4) is 0 Å². The maximum Gasteiger partial charge on any atom is 0.249 e. The van der Waals surface area contributed by atoms with Gasteiger partial charge in [-0.25, -0.2) is 9.67 Å². The van der Waals surface area contributed by atoms with Crippen LogP contribution in [0.4, 0.5) is 5.69 Å². The SMILES string of the molecule is Cc1ccc(NC(=O)C(C)n2cncn2)cc1. The maximum atomic E-state index is 11.9. The molecule has 0 aliphatic heterocycles. The molecule has 1 atom stereocenters. The summed E-state index contributed by atoms with van der Waals surface area (Å²) in [5.41, 5.74) is 1.94. The summed E-state index contributed by atoms with van der Waals surface area (Å²) in [6.45, 7) is 3.78. The van der Waals surface area contributed by atoms with Crippen molar-refractivity contribution in [3.05, 3.63) is 42.5 Å². The van der Waals surface area contributed by atoms with Crippen molar-refractivity contribution in [2.45, 2.75) is 19.9 Å². The number of carbonyl (C=O) groups excluding carboxylic acids is 1. The number of amides is 1. The van der Waals surface area contributed by atoms with E-state index in [1.165, 1.54) is 17.3 Å². The van der Waals surface area contributed by atoms with Crippen molar-refractivity contribution in [2.24, 2.45) is 0 Å². The first kappa shape index (κ1) is 11.3. The monoisotopic (exact) mass is 230 g/mol. The number of nitrogens with zero attached hydrogens (tertiary/aromatic N) is 3. The van der Waals surface area contributed by atoms with E-state index in [1.807, 2.05) is 31.2 Å². The Morgan fingerprint density at radius 1 is 1.35 bits per heavy atom. The van der Waals surface area contributed by atoms with E-state index >= 15 is 0 Å². The predicted octanol–water partition coefficient (Wildman–Crippen LogP) is 1.79. The molecule has 17 heavy (non-hydrogen) atoms. The third kappa shape index (κ3) is 2.69. The Hall–Kier alpha value is -2.17. The van der Waals surface area contributed by atoms with E-state index in [-0.39, 0.29) is 11.9 Å². The molecule has 88 valence electrons. The number of nitrogens with one attached hydrogen (secondary N) is 1. The van der Waals surface area contributed by atoms with Gasteiger partial charge in [0.05, 0.1) is 0 Å². The lowest BCUT2D eigenvalue weighted by Crippen LogP contribution is -2.23. The fourth-order valence-electron chi connectivity index (χ4n) is 1.42. The number of aromatic nitrogens is 3. The van der Waals surface area contributed by atoms with Crippen molar-refractivity contribution < 1.29 is 4.79 Å². The minimum absolute atomic E-state index is 0.112. The summed E-state index contributed by atoms with van der Waals surface area (Å²) in [5, 5.41) is 6.77. The predicted molar refractivity (Wildman–Crippen MR) is 64.5 cm³/mol. The van der Waals surface area contributed by atoms with Crippen LogP contribution in [0.1, 0.15) is 18.5 Å². The van der Waals surface area contributed by atoms with E-state index in [0.717, 1.165) is 11.3 Å². The molecule has 1 amide bonds. The highest BCUT2D eigenvalue weighted by molar-refractivity contribution is 5.93. The number of anilines is 1. The molecule has 2 rings (SSSR count). The molecule has 5 heteroatoms. The largest absolute Gasteiger partial charge is 0.324 e. The fraction of sp³-hybridized carbons (Fsp3) is 0.250. The van der Waals surface area contributed by atoms with Gasteiger partial charge < -0.3 is 5.32 Å². The van der Waals surface area contributed by atoms with Gasteiger partial charge in [-0.05, 0) is 26.0 Å². The standard InChI is InChI=1S/C12H14N4O/c1-9-3-5-11(6-4-9)15-12(17)10(2)16-8-13-7-14-16/h3-8,10H,1-2H3,(H,15,17). The van der Waals surface area contributed by atoms with Crippen LogP contribution in [-0.2, 0) is 4.79 Å². The summed E-state index contributed by atoms with van der Waals surface area (Å²) < 4.78 is 1.52. The van der Waals surface area contributed by atoms with Crippen LogP contribution in [0, 0.1) is 6.92 Å². The smallest absolute Gasteiger partial charge is 0.249 e. The van der Waals surface area contributed by atoms with Crippen LogP contribution in [0.2, 0.25) is 0 Å². The highest BCUT2D eigenvalue weighted by atomic mass is 16.2. The molecular weight excluding hydrogens is 216 g/mol. The van der Waals surface area contributed by atoms with Crippen LogP contribution >= 0.6 is 0 Å². The van der Waals surface area contributed by atoms with Crippen molar-refractivity contribution >= 4 is 11.6 Å². The zero-order chi connectivity index (χ0) is 12.3. The Kier molecular flexibility index (Phi) is 3.18. The number of hydrogen-bond donors (Lipinski definition) is 1. The van der Waals surface area contributed by atoms with Crippen LogP contribution in [0.5, 0.6) is 0 Å². The lowest BCUT2D eigenvalue weighted by Gasteiger charge is -2.12. The molecule has 0 aliphatic rings. The first-order chi connectivity index (χ1) is 8.16. The Morgan fingerprint density at radius 2 is 2.06 bits per heavy atom. The quantitative estimate of drug-likeness (QED) is 0.874. The second kappa shape index (κ2) is 4.78. The summed E-state index contributed by atoms with van der Waals surface area (Å²) in [6, 6.07) is 7.28. The lowest BCUT2D eigenvalue weighted by molar-refractivity contribution is -0.119. The molecule has 0 fully saturated rings. The third-order valence-corrected chi connectivity index (χ3v) is 2.53. The van der Waals surface area contributed by atoms with Gasteiger partial charge in [0.15, 0.2) is 0 Å². The molecule has 5 nitrogen and oxygen atoms in total. The maximum absolute atomic E-state index is 11.9. The molecule has 0 bridgehead atoms. The normalized spacial score (nSPS) is 12.1. The van der Waals surface area contributed by atoms with Gasteiger partial charge in [-0.15, -0.1) is 0 Å². The first-order valence-corrected chi connectivity index (χ1v) is 5.38. The number of carbonyl (C=O) groups is 1. The van der Waals surface area contributed by atoms with Gasteiger partial charge in [0.1, 0.15) is 18.7 Å². The summed E-state index contributed by atoms with van der Waals surface area (Å²) in [5.74, 6) is -0.112.